The monoisotopic (exact) mass is 407 g/mol. The lowest BCUT2D eigenvalue weighted by Crippen LogP contribution is -2.46. The lowest BCUT2D eigenvalue weighted by molar-refractivity contribution is -0.140. The van der Waals surface area contributed by atoms with Crippen LogP contribution in [0.1, 0.15) is 118 Å². The molecule has 0 aliphatic carbocycles. The maximum absolute atomic E-state index is 11.7. The normalized spacial score (nSPS) is 14.2. The zero-order valence-corrected chi connectivity index (χ0v) is 19.9. The minimum absolute atomic E-state index is 0.195. The topological polar surface area (TPSA) is 40.5 Å². The molecule has 0 bridgehead atoms. The molecule has 3 heteroatoms. The molecular weight excluding hydrogens is 358 g/mol. The maximum Gasteiger partial charge on any atom is 0.317 e. The Morgan fingerprint density at radius 3 is 1.52 bits per heavy atom. The summed E-state index contributed by atoms with van der Waals surface area (Å²) >= 11 is 0. The molecule has 29 heavy (non-hydrogen) atoms. The fraction of sp³-hybridized carbons (Fsp3) is 0.808. The van der Waals surface area contributed by atoms with Crippen LogP contribution in [-0.4, -0.2) is 34.6 Å². The Hall–Kier alpha value is -1.09. The summed E-state index contributed by atoms with van der Waals surface area (Å²) in [4.78, 5) is 14.0. The first-order valence-electron chi connectivity index (χ1n) is 12.4. The first-order chi connectivity index (χ1) is 14.1. The van der Waals surface area contributed by atoms with E-state index in [0.717, 1.165) is 64.2 Å². The molecule has 3 nitrogen and oxygen atoms in total. The van der Waals surface area contributed by atoms with Gasteiger partial charge in [-0.2, -0.15) is 0 Å². The molecule has 0 aliphatic heterocycles. The predicted octanol–water partition coefficient (Wildman–Crippen LogP) is 7.76. The van der Waals surface area contributed by atoms with Crippen LogP contribution in [0.3, 0.4) is 0 Å². The molecule has 0 saturated heterocycles. The third-order valence-electron chi connectivity index (χ3n) is 5.62. The molecule has 0 amide bonds. The minimum Gasteiger partial charge on any atom is -0.480 e. The summed E-state index contributed by atoms with van der Waals surface area (Å²) < 4.78 is 0. The molecule has 0 fully saturated rings. The summed E-state index contributed by atoms with van der Waals surface area (Å²) in [5, 5.41) is 9.60. The van der Waals surface area contributed by atoms with Crippen LogP contribution in [0.25, 0.3) is 0 Å². The zero-order chi connectivity index (χ0) is 21.7. The van der Waals surface area contributed by atoms with Gasteiger partial charge in [0, 0.05) is 12.1 Å². The molecule has 2 unspecified atom stereocenters. The number of carboxylic acid groups (broad SMARTS) is 1. The summed E-state index contributed by atoms with van der Waals surface area (Å²) in [6, 6.07) is 0.811. The lowest BCUT2D eigenvalue weighted by Gasteiger charge is -2.37. The Balaban J connectivity index is 4.91. The number of hydrogen-bond donors (Lipinski definition) is 1. The number of allylic oxidation sites excluding steroid dienone is 4. The zero-order valence-electron chi connectivity index (χ0n) is 19.9. The van der Waals surface area contributed by atoms with Gasteiger partial charge in [0.2, 0.25) is 0 Å². The fourth-order valence-corrected chi connectivity index (χ4v) is 4.18. The van der Waals surface area contributed by atoms with Gasteiger partial charge in [-0.25, -0.2) is 0 Å². The summed E-state index contributed by atoms with van der Waals surface area (Å²) in [6.07, 6.45) is 25.1. The van der Waals surface area contributed by atoms with Crippen molar-refractivity contribution in [2.75, 3.05) is 6.54 Å². The number of hydrogen-bond acceptors (Lipinski definition) is 2. The molecule has 0 radical (unpaired) electrons. The van der Waals surface area contributed by atoms with E-state index in [-0.39, 0.29) is 6.54 Å². The van der Waals surface area contributed by atoms with E-state index in [1.165, 1.54) is 25.7 Å². The Bertz CT molecular complexity index is 398. The Morgan fingerprint density at radius 2 is 1.17 bits per heavy atom. The van der Waals surface area contributed by atoms with E-state index in [0.29, 0.717) is 12.1 Å². The van der Waals surface area contributed by atoms with Gasteiger partial charge in [-0.15, -0.1) is 0 Å². The molecule has 0 rings (SSSR count). The van der Waals surface area contributed by atoms with Gasteiger partial charge in [0.05, 0.1) is 6.54 Å². The molecule has 0 aliphatic rings. The van der Waals surface area contributed by atoms with Gasteiger partial charge in [-0.3, -0.25) is 9.69 Å². The van der Waals surface area contributed by atoms with Crippen LogP contribution >= 0.6 is 0 Å². The average Bonchev–Trinajstić information content (AvgIpc) is 2.69. The van der Waals surface area contributed by atoms with E-state index >= 15 is 0 Å². The van der Waals surface area contributed by atoms with E-state index in [2.05, 4.69) is 56.9 Å². The van der Waals surface area contributed by atoms with Crippen LogP contribution in [0.2, 0.25) is 0 Å². The van der Waals surface area contributed by atoms with Crippen LogP contribution in [0.4, 0.5) is 0 Å². The Kier molecular flexibility index (Phi) is 19.4. The molecular formula is C26H49NO2. The molecule has 0 aromatic heterocycles. The molecule has 2 atom stereocenters. The van der Waals surface area contributed by atoms with Crippen molar-refractivity contribution in [3.8, 4) is 0 Å². The van der Waals surface area contributed by atoms with Gasteiger partial charge in [0.1, 0.15) is 0 Å². The summed E-state index contributed by atoms with van der Waals surface area (Å²) in [6.45, 7) is 8.99. The average molecular weight is 408 g/mol. The lowest BCUT2D eigenvalue weighted by atomic mass is 9.95. The van der Waals surface area contributed by atoms with E-state index in [1.807, 2.05) is 0 Å². The van der Waals surface area contributed by atoms with Gasteiger partial charge in [0.15, 0.2) is 0 Å². The highest BCUT2D eigenvalue weighted by atomic mass is 16.4. The van der Waals surface area contributed by atoms with Crippen LogP contribution in [-0.2, 0) is 4.79 Å². The van der Waals surface area contributed by atoms with Crippen LogP contribution in [0, 0.1) is 0 Å². The maximum atomic E-state index is 11.7. The molecule has 170 valence electrons. The fourth-order valence-electron chi connectivity index (χ4n) is 4.18. The van der Waals surface area contributed by atoms with Gasteiger partial charge >= 0.3 is 5.97 Å². The predicted molar refractivity (Wildman–Crippen MR) is 128 cm³/mol. The van der Waals surface area contributed by atoms with Gasteiger partial charge in [-0.05, 0) is 64.2 Å². The second-order valence-electron chi connectivity index (χ2n) is 8.28. The van der Waals surface area contributed by atoms with Crippen LogP contribution in [0.5, 0.6) is 0 Å². The SMILES string of the molecule is CC/C=C/CCCCC(CCC)N(CC(=O)O)C(CCC)CCCC/C=C/CC. The van der Waals surface area contributed by atoms with E-state index < -0.39 is 5.97 Å². The third-order valence-corrected chi connectivity index (χ3v) is 5.62. The van der Waals surface area contributed by atoms with Crippen molar-refractivity contribution in [2.45, 2.75) is 130 Å². The molecule has 0 saturated carbocycles. The second kappa shape index (κ2) is 20.2. The molecule has 0 spiro atoms. The van der Waals surface area contributed by atoms with Crippen LogP contribution < -0.4 is 0 Å². The first kappa shape index (κ1) is 27.9. The van der Waals surface area contributed by atoms with Crippen molar-refractivity contribution in [1.29, 1.82) is 0 Å². The molecule has 0 aromatic rings. The minimum atomic E-state index is -0.677. The number of carboxylic acids is 1. The molecule has 1 N–H and O–H groups in total. The molecule has 0 heterocycles. The summed E-state index contributed by atoms with van der Waals surface area (Å²) in [7, 11) is 0. The number of rotatable bonds is 20. The Morgan fingerprint density at radius 1 is 0.724 bits per heavy atom. The number of aliphatic carboxylic acids is 1. The first-order valence-corrected chi connectivity index (χ1v) is 12.4. The highest BCUT2D eigenvalue weighted by Gasteiger charge is 2.26. The van der Waals surface area contributed by atoms with E-state index in [4.69, 9.17) is 0 Å². The van der Waals surface area contributed by atoms with Crippen molar-refractivity contribution in [3.63, 3.8) is 0 Å². The van der Waals surface area contributed by atoms with Crippen LogP contribution in [0.15, 0.2) is 24.3 Å². The van der Waals surface area contributed by atoms with Gasteiger partial charge in [-0.1, -0.05) is 77.7 Å². The third kappa shape index (κ3) is 15.4. The van der Waals surface area contributed by atoms with Gasteiger partial charge < -0.3 is 5.11 Å². The van der Waals surface area contributed by atoms with Crippen molar-refractivity contribution >= 4 is 5.97 Å². The number of nitrogens with zero attached hydrogens (tertiary/aromatic N) is 1. The van der Waals surface area contributed by atoms with Crippen molar-refractivity contribution in [1.82, 2.24) is 4.90 Å². The van der Waals surface area contributed by atoms with Crippen molar-refractivity contribution in [2.24, 2.45) is 0 Å². The van der Waals surface area contributed by atoms with E-state index in [1.54, 1.807) is 0 Å². The number of unbranched alkanes of at least 4 members (excludes halogenated alkanes) is 4. The van der Waals surface area contributed by atoms with Crippen molar-refractivity contribution < 1.29 is 9.90 Å². The standard InChI is InChI=1S/C26H49NO2/c1-5-9-11-13-15-17-21-24(19-7-3)27(23-26(28)29)25(20-8-4)22-18-16-14-12-10-6-2/h9-12,24-25H,5-8,13-23H2,1-4H3,(H,28,29)/b11-9+,12-10+. The highest BCUT2D eigenvalue weighted by Crippen LogP contribution is 2.24. The largest absolute Gasteiger partial charge is 0.480 e. The highest BCUT2D eigenvalue weighted by molar-refractivity contribution is 5.69. The van der Waals surface area contributed by atoms with E-state index in [9.17, 15) is 9.90 Å². The Labute approximate surface area is 181 Å². The second-order valence-corrected chi connectivity index (χ2v) is 8.28. The van der Waals surface area contributed by atoms with Crippen molar-refractivity contribution in [3.05, 3.63) is 24.3 Å². The molecule has 0 aromatic carbocycles. The summed E-state index contributed by atoms with van der Waals surface area (Å²) in [5.74, 6) is -0.677. The quantitative estimate of drug-likeness (QED) is 0.165. The number of carbonyl (C=O) groups is 1. The van der Waals surface area contributed by atoms with Gasteiger partial charge in [0.25, 0.3) is 0 Å². The smallest absolute Gasteiger partial charge is 0.317 e. The summed E-state index contributed by atoms with van der Waals surface area (Å²) in [5.41, 5.74) is 0.